The van der Waals surface area contributed by atoms with E-state index in [0.717, 1.165) is 11.3 Å². The summed E-state index contributed by atoms with van der Waals surface area (Å²) in [5.41, 5.74) is 8.00. The van der Waals surface area contributed by atoms with E-state index in [1.165, 1.54) is 11.3 Å². The SMILES string of the molecule is C=C1[C@@H](NC(=O)/C(=N\OCCOc2ccc(C(C)=N)cc2)c2csc(N)n2)C(C)(C)N1C. The summed E-state index contributed by atoms with van der Waals surface area (Å²) in [6.45, 7) is 10.2. The normalized spacial score (nSPS) is 17.5. The highest BCUT2D eigenvalue weighted by molar-refractivity contribution is 7.13. The predicted molar refractivity (Wildman–Crippen MR) is 126 cm³/mol. The number of hydrogen-bond donors (Lipinski definition) is 3. The average molecular weight is 457 g/mol. The molecule has 1 aromatic carbocycles. The van der Waals surface area contributed by atoms with E-state index in [1.54, 1.807) is 24.4 Å². The van der Waals surface area contributed by atoms with E-state index in [0.29, 0.717) is 22.3 Å². The second-order valence-electron chi connectivity index (χ2n) is 7.95. The lowest BCUT2D eigenvalue weighted by Gasteiger charge is -2.56. The quantitative estimate of drug-likeness (QED) is 0.303. The van der Waals surface area contributed by atoms with Crippen molar-refractivity contribution in [2.24, 2.45) is 5.16 Å². The Morgan fingerprint density at radius 2 is 2.06 bits per heavy atom. The van der Waals surface area contributed by atoms with Crippen LogP contribution >= 0.6 is 11.3 Å². The van der Waals surface area contributed by atoms with Gasteiger partial charge in [0.05, 0.1) is 11.6 Å². The van der Waals surface area contributed by atoms with Crippen LogP contribution in [0.4, 0.5) is 5.13 Å². The minimum Gasteiger partial charge on any atom is -0.490 e. The number of nitrogens with two attached hydrogens (primary N) is 1. The number of nitrogen functional groups attached to an aromatic ring is 1. The van der Waals surface area contributed by atoms with Crippen LogP contribution in [0, 0.1) is 5.41 Å². The maximum atomic E-state index is 13.0. The largest absolute Gasteiger partial charge is 0.490 e. The number of carbonyl (C=O) groups is 1. The first kappa shape index (κ1) is 23.3. The Morgan fingerprint density at radius 1 is 1.38 bits per heavy atom. The molecule has 170 valence electrons. The number of likely N-dealkylation sites (N-methyl/N-ethyl adjacent to an activating group) is 1. The number of anilines is 1. The molecule has 0 bridgehead atoms. The van der Waals surface area contributed by atoms with Crippen molar-refractivity contribution >= 4 is 33.8 Å². The Kier molecular flexibility index (Phi) is 6.83. The molecular formula is C22H28N6O3S. The van der Waals surface area contributed by atoms with Crippen molar-refractivity contribution in [3.63, 3.8) is 0 Å². The average Bonchev–Trinajstić information content (AvgIpc) is 3.19. The van der Waals surface area contributed by atoms with Gasteiger partial charge in [-0.3, -0.25) is 4.79 Å². The van der Waals surface area contributed by atoms with Crippen molar-refractivity contribution in [1.29, 1.82) is 5.41 Å². The molecule has 1 fully saturated rings. The Hall–Kier alpha value is -3.40. The molecule has 0 unspecified atom stereocenters. The predicted octanol–water partition coefficient (Wildman–Crippen LogP) is 2.64. The summed E-state index contributed by atoms with van der Waals surface area (Å²) < 4.78 is 5.62. The van der Waals surface area contributed by atoms with E-state index in [-0.39, 0.29) is 30.5 Å². The third-order valence-electron chi connectivity index (χ3n) is 5.48. The molecule has 1 atom stereocenters. The minimum atomic E-state index is -0.416. The van der Waals surface area contributed by atoms with Crippen LogP contribution in [0.15, 0.2) is 47.1 Å². The van der Waals surface area contributed by atoms with E-state index in [2.05, 4.69) is 22.0 Å². The second kappa shape index (κ2) is 9.39. The van der Waals surface area contributed by atoms with Gasteiger partial charge in [0.1, 0.15) is 18.1 Å². The smallest absolute Gasteiger partial charge is 0.276 e. The van der Waals surface area contributed by atoms with Crippen LogP contribution in [0.1, 0.15) is 32.0 Å². The van der Waals surface area contributed by atoms with E-state index >= 15 is 0 Å². The van der Waals surface area contributed by atoms with Gasteiger partial charge in [0.2, 0.25) is 0 Å². The number of rotatable bonds is 9. The van der Waals surface area contributed by atoms with Crippen LogP contribution in [-0.4, -0.2) is 59.1 Å². The van der Waals surface area contributed by atoms with Crippen LogP contribution in [0.3, 0.4) is 0 Å². The van der Waals surface area contributed by atoms with Crippen LogP contribution in [0.2, 0.25) is 0 Å². The summed E-state index contributed by atoms with van der Waals surface area (Å²) in [5, 5.41) is 16.6. The molecule has 1 saturated heterocycles. The Balaban J connectivity index is 1.61. The first-order valence-corrected chi connectivity index (χ1v) is 10.9. The molecule has 0 aliphatic carbocycles. The van der Waals surface area contributed by atoms with Gasteiger partial charge in [0, 0.05) is 23.8 Å². The molecule has 0 spiro atoms. The summed E-state index contributed by atoms with van der Waals surface area (Å²) in [4.78, 5) is 24.5. The molecule has 2 aromatic rings. The number of nitrogens with zero attached hydrogens (tertiary/aromatic N) is 3. The molecular weight excluding hydrogens is 428 g/mol. The highest BCUT2D eigenvalue weighted by Crippen LogP contribution is 2.36. The lowest BCUT2D eigenvalue weighted by atomic mass is 9.80. The Morgan fingerprint density at radius 3 is 2.62 bits per heavy atom. The number of aromatic nitrogens is 1. The zero-order valence-corrected chi connectivity index (χ0v) is 19.5. The fourth-order valence-electron chi connectivity index (χ4n) is 3.27. The molecule has 32 heavy (non-hydrogen) atoms. The maximum Gasteiger partial charge on any atom is 0.276 e. The number of oxime groups is 1. The van der Waals surface area contributed by atoms with Gasteiger partial charge in [-0.1, -0.05) is 11.7 Å². The van der Waals surface area contributed by atoms with E-state index in [1.807, 2.05) is 37.9 Å². The topological polar surface area (TPSA) is 126 Å². The van der Waals surface area contributed by atoms with Crippen molar-refractivity contribution in [3.05, 3.63) is 53.2 Å². The number of likely N-dealkylation sites (tertiary alicyclic amines) is 1. The first-order valence-electron chi connectivity index (χ1n) is 10.0. The van der Waals surface area contributed by atoms with E-state index in [9.17, 15) is 4.79 Å². The molecule has 1 aromatic heterocycles. The number of hydrogen-bond acceptors (Lipinski definition) is 9. The third-order valence-corrected chi connectivity index (χ3v) is 6.15. The highest BCUT2D eigenvalue weighted by Gasteiger charge is 2.48. The third kappa shape index (κ3) is 4.91. The number of thiazole rings is 1. The van der Waals surface area contributed by atoms with Crippen LogP contribution < -0.4 is 15.8 Å². The molecule has 1 amide bonds. The number of carbonyl (C=O) groups excluding carboxylic acids is 1. The second-order valence-corrected chi connectivity index (χ2v) is 8.84. The van der Waals surface area contributed by atoms with Gasteiger partial charge >= 0.3 is 0 Å². The monoisotopic (exact) mass is 456 g/mol. The molecule has 4 N–H and O–H groups in total. The Bertz CT molecular complexity index is 1040. The van der Waals surface area contributed by atoms with Crippen molar-refractivity contribution in [2.75, 3.05) is 26.0 Å². The fraction of sp³-hybridized carbons (Fsp3) is 0.364. The molecule has 0 radical (unpaired) electrons. The van der Waals surface area contributed by atoms with Crippen molar-refractivity contribution < 1.29 is 14.4 Å². The van der Waals surface area contributed by atoms with Gasteiger partial charge < -0.3 is 30.9 Å². The number of nitrogens with one attached hydrogen (secondary N) is 2. The lowest BCUT2D eigenvalue weighted by molar-refractivity contribution is -0.117. The molecule has 3 rings (SSSR count). The van der Waals surface area contributed by atoms with E-state index in [4.69, 9.17) is 20.7 Å². The summed E-state index contributed by atoms with van der Waals surface area (Å²) >= 11 is 1.22. The molecule has 1 aliphatic rings. The molecule has 0 saturated carbocycles. The number of ether oxygens (including phenoxy) is 1. The molecule has 10 heteroatoms. The summed E-state index contributed by atoms with van der Waals surface area (Å²) in [6.07, 6.45) is 0. The molecule has 2 heterocycles. The zero-order chi connectivity index (χ0) is 23.5. The van der Waals surface area contributed by atoms with Crippen LogP contribution in [0.5, 0.6) is 5.75 Å². The van der Waals surface area contributed by atoms with Gasteiger partial charge in [-0.2, -0.15) is 0 Å². The van der Waals surface area contributed by atoms with Gasteiger partial charge in [-0.05, 0) is 50.6 Å². The van der Waals surface area contributed by atoms with Crippen molar-refractivity contribution in [1.82, 2.24) is 15.2 Å². The molecule has 9 nitrogen and oxygen atoms in total. The summed E-state index contributed by atoms with van der Waals surface area (Å²) in [5.74, 6) is 0.240. The summed E-state index contributed by atoms with van der Waals surface area (Å²) in [7, 11) is 1.93. The highest BCUT2D eigenvalue weighted by atomic mass is 32.1. The van der Waals surface area contributed by atoms with Crippen molar-refractivity contribution in [2.45, 2.75) is 32.4 Å². The van der Waals surface area contributed by atoms with Gasteiger partial charge in [0.15, 0.2) is 17.5 Å². The summed E-state index contributed by atoms with van der Waals surface area (Å²) in [6, 6.07) is 6.99. The first-order chi connectivity index (χ1) is 15.1. The van der Waals surface area contributed by atoms with Crippen LogP contribution in [0.25, 0.3) is 0 Å². The minimum absolute atomic E-state index is 0.0434. The van der Waals surface area contributed by atoms with Gasteiger partial charge in [0.25, 0.3) is 5.91 Å². The standard InChI is InChI=1S/C22H28N6O3S/c1-13(23)15-6-8-16(9-7-15)30-10-11-31-27-18(17-12-32-21(24)25-17)20(29)26-19-14(2)28(5)22(19,3)4/h6-9,12,19,23H,2,10-11H2,1,3-5H3,(H2,24,25)(H,26,29)/b23-13?,27-18-/t19-/m1/s1. The number of amides is 1. The Labute approximate surface area is 191 Å². The van der Waals surface area contributed by atoms with Gasteiger partial charge in [-0.15, -0.1) is 11.3 Å². The molecule has 1 aliphatic heterocycles. The maximum absolute atomic E-state index is 13.0. The zero-order valence-electron chi connectivity index (χ0n) is 18.6. The fourth-order valence-corrected chi connectivity index (χ4v) is 3.82. The van der Waals surface area contributed by atoms with Crippen LogP contribution in [-0.2, 0) is 9.63 Å². The van der Waals surface area contributed by atoms with Gasteiger partial charge in [-0.25, -0.2) is 4.98 Å². The van der Waals surface area contributed by atoms with Crippen molar-refractivity contribution in [3.8, 4) is 5.75 Å². The number of benzene rings is 1. The lowest BCUT2D eigenvalue weighted by Crippen LogP contribution is -2.69. The van der Waals surface area contributed by atoms with E-state index < -0.39 is 5.91 Å².